The summed E-state index contributed by atoms with van der Waals surface area (Å²) in [5.41, 5.74) is 2.14. The smallest absolute Gasteiger partial charge is 0.169 e. The lowest BCUT2D eigenvalue weighted by atomic mass is 10.1. The Hall–Kier alpha value is -1.31. The van der Waals surface area contributed by atoms with Gasteiger partial charge in [0, 0.05) is 0 Å². The van der Waals surface area contributed by atoms with Crippen LogP contribution in [-0.2, 0) is 4.79 Å². The summed E-state index contributed by atoms with van der Waals surface area (Å²) in [5, 5.41) is 0. The fourth-order valence-corrected chi connectivity index (χ4v) is 1.24. The molecule has 1 atom stereocenters. The number of carbonyl (C=O) groups is 1. The van der Waals surface area contributed by atoms with Crippen molar-refractivity contribution in [3.8, 4) is 5.75 Å². The Kier molecular flexibility index (Phi) is 3.28. The van der Waals surface area contributed by atoms with Gasteiger partial charge in [0.2, 0.25) is 0 Å². The maximum Gasteiger partial charge on any atom is 0.169 e. The normalized spacial score (nSPS) is 12.3. The molecule has 0 heterocycles. The Morgan fingerprint density at radius 3 is 2.21 bits per heavy atom. The number of hydrogen-bond donors (Lipinski definition) is 0. The Bertz CT molecular complexity index is 322. The first-order valence-corrected chi connectivity index (χ1v) is 4.75. The molecule has 0 bridgehead atoms. The molecule has 0 saturated heterocycles. The van der Waals surface area contributed by atoms with Crippen LogP contribution in [0.25, 0.3) is 0 Å². The van der Waals surface area contributed by atoms with Gasteiger partial charge in [0.1, 0.15) is 5.75 Å². The Morgan fingerprint density at radius 2 is 1.79 bits per heavy atom. The van der Waals surface area contributed by atoms with Crippen LogP contribution in [0.15, 0.2) is 18.2 Å². The first-order valence-electron chi connectivity index (χ1n) is 4.75. The number of ether oxygens (including phenoxy) is 1. The fraction of sp³-hybridized carbons (Fsp3) is 0.417. The van der Waals surface area contributed by atoms with Crippen LogP contribution in [-0.4, -0.2) is 11.9 Å². The molecule has 0 spiro atoms. The minimum Gasteiger partial charge on any atom is -0.482 e. The monoisotopic (exact) mass is 192 g/mol. The quantitative estimate of drug-likeness (QED) is 0.736. The van der Waals surface area contributed by atoms with Gasteiger partial charge in [0.05, 0.1) is 0 Å². The second-order valence-electron chi connectivity index (χ2n) is 3.59. The van der Waals surface area contributed by atoms with Crippen LogP contribution < -0.4 is 4.74 Å². The molecule has 0 unspecified atom stereocenters. The third-order valence-electron chi connectivity index (χ3n) is 2.28. The molecule has 0 aromatic heterocycles. The minimum atomic E-state index is -0.366. The summed E-state index contributed by atoms with van der Waals surface area (Å²) in [6.45, 7) is 7.27. The van der Waals surface area contributed by atoms with E-state index in [1.54, 1.807) is 6.92 Å². The van der Waals surface area contributed by atoms with E-state index in [2.05, 4.69) is 0 Å². The lowest BCUT2D eigenvalue weighted by Crippen LogP contribution is -2.21. The van der Waals surface area contributed by atoms with Crippen LogP contribution in [0.1, 0.15) is 25.0 Å². The van der Waals surface area contributed by atoms with Crippen molar-refractivity contribution in [2.24, 2.45) is 0 Å². The number of benzene rings is 1. The van der Waals surface area contributed by atoms with Gasteiger partial charge in [0.25, 0.3) is 0 Å². The molecule has 0 radical (unpaired) electrons. The van der Waals surface area contributed by atoms with E-state index in [4.69, 9.17) is 4.74 Å². The number of ketones is 1. The van der Waals surface area contributed by atoms with Crippen molar-refractivity contribution >= 4 is 5.78 Å². The molecule has 0 aliphatic carbocycles. The summed E-state index contributed by atoms with van der Waals surface area (Å²) in [4.78, 5) is 11.0. The third kappa shape index (κ3) is 2.34. The van der Waals surface area contributed by atoms with Gasteiger partial charge in [-0.25, -0.2) is 0 Å². The van der Waals surface area contributed by atoms with Crippen LogP contribution in [0.3, 0.4) is 0 Å². The molecule has 14 heavy (non-hydrogen) atoms. The molecule has 1 aromatic rings. The first kappa shape index (κ1) is 10.8. The van der Waals surface area contributed by atoms with Crippen LogP contribution >= 0.6 is 0 Å². The van der Waals surface area contributed by atoms with E-state index in [0.717, 1.165) is 16.9 Å². The molecular formula is C12H16O2. The molecule has 0 saturated carbocycles. The topological polar surface area (TPSA) is 26.3 Å². The van der Waals surface area contributed by atoms with Crippen molar-refractivity contribution in [2.75, 3.05) is 0 Å². The van der Waals surface area contributed by atoms with E-state index in [1.165, 1.54) is 6.92 Å². The minimum absolute atomic E-state index is 0.0488. The van der Waals surface area contributed by atoms with Gasteiger partial charge < -0.3 is 4.74 Å². The van der Waals surface area contributed by atoms with Crippen molar-refractivity contribution in [3.63, 3.8) is 0 Å². The highest BCUT2D eigenvalue weighted by Gasteiger charge is 2.11. The van der Waals surface area contributed by atoms with Crippen molar-refractivity contribution in [1.82, 2.24) is 0 Å². The number of Topliss-reactive ketones (excluding diaryl/α,β-unsaturated/α-hetero) is 1. The number of para-hydroxylation sites is 1. The van der Waals surface area contributed by atoms with Gasteiger partial charge in [0.15, 0.2) is 11.9 Å². The number of rotatable bonds is 3. The van der Waals surface area contributed by atoms with Crippen molar-refractivity contribution < 1.29 is 9.53 Å². The highest BCUT2D eigenvalue weighted by atomic mass is 16.5. The second-order valence-corrected chi connectivity index (χ2v) is 3.59. The third-order valence-corrected chi connectivity index (χ3v) is 2.28. The average Bonchev–Trinajstić information content (AvgIpc) is 2.11. The number of aryl methyl sites for hydroxylation is 2. The van der Waals surface area contributed by atoms with E-state index < -0.39 is 0 Å². The molecule has 1 rings (SSSR count). The molecule has 2 nitrogen and oxygen atoms in total. The Balaban J connectivity index is 2.91. The molecule has 0 fully saturated rings. The lowest BCUT2D eigenvalue weighted by Gasteiger charge is -2.15. The van der Waals surface area contributed by atoms with Crippen LogP contribution in [0, 0.1) is 13.8 Å². The van der Waals surface area contributed by atoms with E-state index >= 15 is 0 Å². The maximum absolute atomic E-state index is 11.0. The summed E-state index contributed by atoms with van der Waals surface area (Å²) < 4.78 is 5.59. The van der Waals surface area contributed by atoms with Gasteiger partial charge in [-0.15, -0.1) is 0 Å². The zero-order chi connectivity index (χ0) is 10.7. The van der Waals surface area contributed by atoms with E-state index in [9.17, 15) is 4.79 Å². The summed E-state index contributed by atoms with van der Waals surface area (Å²) in [5.74, 6) is 0.878. The Labute approximate surface area is 84.9 Å². The van der Waals surface area contributed by atoms with Crippen LogP contribution in [0.5, 0.6) is 5.75 Å². The summed E-state index contributed by atoms with van der Waals surface area (Å²) in [6.07, 6.45) is -0.366. The van der Waals surface area contributed by atoms with Gasteiger partial charge in [-0.05, 0) is 38.8 Å². The summed E-state index contributed by atoms with van der Waals surface area (Å²) in [7, 11) is 0. The predicted octanol–water partition coefficient (Wildman–Crippen LogP) is 2.66. The molecule has 0 amide bonds. The lowest BCUT2D eigenvalue weighted by molar-refractivity contribution is -0.122. The highest BCUT2D eigenvalue weighted by molar-refractivity contribution is 5.80. The maximum atomic E-state index is 11.0. The van der Waals surface area contributed by atoms with Crippen molar-refractivity contribution in [1.29, 1.82) is 0 Å². The zero-order valence-electron chi connectivity index (χ0n) is 9.13. The fourth-order valence-electron chi connectivity index (χ4n) is 1.24. The Morgan fingerprint density at radius 1 is 1.29 bits per heavy atom. The van der Waals surface area contributed by atoms with E-state index in [0.29, 0.717) is 0 Å². The van der Waals surface area contributed by atoms with Crippen molar-refractivity contribution in [2.45, 2.75) is 33.8 Å². The van der Waals surface area contributed by atoms with E-state index in [-0.39, 0.29) is 11.9 Å². The molecular weight excluding hydrogens is 176 g/mol. The first-order chi connectivity index (χ1) is 6.52. The van der Waals surface area contributed by atoms with Crippen molar-refractivity contribution in [3.05, 3.63) is 29.3 Å². The molecule has 0 aliphatic rings. The molecule has 1 aromatic carbocycles. The largest absolute Gasteiger partial charge is 0.482 e. The van der Waals surface area contributed by atoms with Gasteiger partial charge in [-0.3, -0.25) is 4.79 Å². The summed E-state index contributed by atoms with van der Waals surface area (Å²) >= 11 is 0. The number of carbonyl (C=O) groups excluding carboxylic acids is 1. The highest BCUT2D eigenvalue weighted by Crippen LogP contribution is 2.23. The predicted molar refractivity (Wildman–Crippen MR) is 56.7 cm³/mol. The average molecular weight is 192 g/mol. The van der Waals surface area contributed by atoms with Gasteiger partial charge >= 0.3 is 0 Å². The summed E-state index contributed by atoms with van der Waals surface area (Å²) in [6, 6.07) is 5.94. The molecule has 0 N–H and O–H groups in total. The SMILES string of the molecule is CC(=O)[C@@H](C)Oc1c(C)cccc1C. The number of hydrogen-bond acceptors (Lipinski definition) is 2. The van der Waals surface area contributed by atoms with Gasteiger partial charge in [-0.1, -0.05) is 18.2 Å². The van der Waals surface area contributed by atoms with Crippen LogP contribution in [0.4, 0.5) is 0 Å². The van der Waals surface area contributed by atoms with E-state index in [1.807, 2.05) is 32.0 Å². The standard InChI is InChI=1S/C12H16O2/c1-8-6-5-7-9(2)12(8)14-11(4)10(3)13/h5-7,11H,1-4H3/t11-/m1/s1. The molecule has 76 valence electrons. The second kappa shape index (κ2) is 4.27. The van der Waals surface area contributed by atoms with Crippen LogP contribution in [0.2, 0.25) is 0 Å². The zero-order valence-corrected chi connectivity index (χ0v) is 9.13. The van der Waals surface area contributed by atoms with Gasteiger partial charge in [-0.2, -0.15) is 0 Å². The molecule has 2 heteroatoms. The molecule has 0 aliphatic heterocycles.